The molecule has 6 heteroatoms. The van der Waals surface area contributed by atoms with Crippen LogP contribution in [0.5, 0.6) is 5.75 Å². The molecule has 0 spiro atoms. The van der Waals surface area contributed by atoms with E-state index >= 15 is 0 Å². The summed E-state index contributed by atoms with van der Waals surface area (Å²) in [5.74, 6) is -1.45. The Kier molecular flexibility index (Phi) is 2.95. The van der Waals surface area contributed by atoms with Crippen molar-refractivity contribution < 1.29 is 23.4 Å². The standard InChI is InChI=1S/C8H7F2NO3/c1-4-5(14-8(9)10)2-3-11-6(4)7(12)13/h2-3,8H,1H3,(H,12,13). The summed E-state index contributed by atoms with van der Waals surface area (Å²) < 4.78 is 27.8. The highest BCUT2D eigenvalue weighted by molar-refractivity contribution is 5.87. The van der Waals surface area contributed by atoms with E-state index in [1.165, 1.54) is 13.0 Å². The Morgan fingerprint density at radius 2 is 2.29 bits per heavy atom. The molecule has 1 heterocycles. The Bertz CT molecular complexity index is 354. The van der Waals surface area contributed by atoms with Gasteiger partial charge in [0.15, 0.2) is 5.69 Å². The van der Waals surface area contributed by atoms with E-state index in [9.17, 15) is 13.6 Å². The molecular formula is C8H7F2NO3. The average molecular weight is 203 g/mol. The van der Waals surface area contributed by atoms with Gasteiger partial charge in [0.05, 0.1) is 0 Å². The van der Waals surface area contributed by atoms with E-state index in [0.717, 1.165) is 6.20 Å². The van der Waals surface area contributed by atoms with E-state index in [2.05, 4.69) is 9.72 Å². The number of aromatic carboxylic acids is 1. The number of halogens is 2. The third-order valence-corrected chi connectivity index (χ3v) is 1.57. The lowest BCUT2D eigenvalue weighted by molar-refractivity contribution is -0.0504. The minimum atomic E-state index is -2.97. The van der Waals surface area contributed by atoms with Crippen molar-refractivity contribution in [2.75, 3.05) is 0 Å². The molecule has 1 rings (SSSR count). The molecular weight excluding hydrogens is 196 g/mol. The van der Waals surface area contributed by atoms with Crippen molar-refractivity contribution in [1.82, 2.24) is 4.98 Å². The number of hydrogen-bond donors (Lipinski definition) is 1. The topological polar surface area (TPSA) is 59.4 Å². The second-order valence-corrected chi connectivity index (χ2v) is 2.47. The number of carboxylic acid groups (broad SMARTS) is 1. The number of hydrogen-bond acceptors (Lipinski definition) is 3. The lowest BCUT2D eigenvalue weighted by atomic mass is 10.2. The average Bonchev–Trinajstić information content (AvgIpc) is 2.07. The molecule has 76 valence electrons. The van der Waals surface area contributed by atoms with Crippen LogP contribution in [0.4, 0.5) is 8.78 Å². The monoisotopic (exact) mass is 203 g/mol. The minimum absolute atomic E-state index is 0.0836. The fourth-order valence-electron chi connectivity index (χ4n) is 0.957. The number of ether oxygens (including phenoxy) is 1. The lowest BCUT2D eigenvalue weighted by Gasteiger charge is -2.08. The van der Waals surface area contributed by atoms with Crippen LogP contribution in [-0.4, -0.2) is 22.7 Å². The lowest BCUT2D eigenvalue weighted by Crippen LogP contribution is -2.08. The van der Waals surface area contributed by atoms with Gasteiger partial charge in [0, 0.05) is 11.8 Å². The fourth-order valence-corrected chi connectivity index (χ4v) is 0.957. The predicted octanol–water partition coefficient (Wildman–Crippen LogP) is 1.69. The summed E-state index contributed by atoms with van der Waals surface area (Å²) in [6, 6.07) is 1.19. The number of alkyl halides is 2. The van der Waals surface area contributed by atoms with E-state index in [1.54, 1.807) is 0 Å². The maximum absolute atomic E-state index is 11.8. The molecule has 0 aliphatic heterocycles. The highest BCUT2D eigenvalue weighted by Gasteiger charge is 2.14. The molecule has 0 amide bonds. The SMILES string of the molecule is Cc1c(OC(F)F)ccnc1C(=O)O. The van der Waals surface area contributed by atoms with Crippen molar-refractivity contribution >= 4 is 5.97 Å². The van der Waals surface area contributed by atoms with E-state index in [-0.39, 0.29) is 17.0 Å². The van der Waals surface area contributed by atoms with Gasteiger partial charge in [-0.2, -0.15) is 8.78 Å². The van der Waals surface area contributed by atoms with Gasteiger partial charge in [0.1, 0.15) is 5.75 Å². The Morgan fingerprint density at radius 1 is 1.64 bits per heavy atom. The van der Waals surface area contributed by atoms with Crippen LogP contribution in [0, 0.1) is 6.92 Å². The van der Waals surface area contributed by atoms with E-state index in [4.69, 9.17) is 5.11 Å². The van der Waals surface area contributed by atoms with E-state index in [1.807, 2.05) is 0 Å². The summed E-state index contributed by atoms with van der Waals surface area (Å²) >= 11 is 0. The zero-order valence-electron chi connectivity index (χ0n) is 7.20. The maximum atomic E-state index is 11.8. The molecule has 0 bridgehead atoms. The second-order valence-electron chi connectivity index (χ2n) is 2.47. The van der Waals surface area contributed by atoms with Gasteiger partial charge in [-0.15, -0.1) is 0 Å². The van der Waals surface area contributed by atoms with Crippen molar-refractivity contribution in [2.45, 2.75) is 13.5 Å². The van der Waals surface area contributed by atoms with Crippen LogP contribution in [0.25, 0.3) is 0 Å². The highest BCUT2D eigenvalue weighted by atomic mass is 19.3. The third-order valence-electron chi connectivity index (χ3n) is 1.57. The summed E-state index contributed by atoms with van der Waals surface area (Å²) in [5, 5.41) is 8.62. The van der Waals surface area contributed by atoms with E-state index in [0.29, 0.717) is 0 Å². The Balaban J connectivity index is 3.07. The molecule has 0 saturated heterocycles. The van der Waals surface area contributed by atoms with Crippen LogP contribution in [0.3, 0.4) is 0 Å². The molecule has 0 aromatic carbocycles. The molecule has 0 unspecified atom stereocenters. The van der Waals surface area contributed by atoms with Crippen molar-refractivity contribution in [1.29, 1.82) is 0 Å². The molecule has 1 aromatic heterocycles. The molecule has 1 aromatic rings. The zero-order valence-corrected chi connectivity index (χ0v) is 7.20. The minimum Gasteiger partial charge on any atom is -0.477 e. The van der Waals surface area contributed by atoms with Crippen molar-refractivity contribution in [3.63, 3.8) is 0 Å². The van der Waals surface area contributed by atoms with Gasteiger partial charge in [-0.05, 0) is 13.0 Å². The molecule has 4 nitrogen and oxygen atoms in total. The molecule has 1 N–H and O–H groups in total. The van der Waals surface area contributed by atoms with Crippen molar-refractivity contribution in [3.05, 3.63) is 23.5 Å². The molecule has 0 radical (unpaired) electrons. The number of pyridine rings is 1. The van der Waals surface area contributed by atoms with Crippen molar-refractivity contribution in [2.24, 2.45) is 0 Å². The number of carbonyl (C=O) groups is 1. The zero-order chi connectivity index (χ0) is 10.7. The summed E-state index contributed by atoms with van der Waals surface area (Å²) in [7, 11) is 0. The van der Waals surface area contributed by atoms with Gasteiger partial charge >= 0.3 is 12.6 Å². The first kappa shape index (κ1) is 10.4. The van der Waals surface area contributed by atoms with Gasteiger partial charge in [0.2, 0.25) is 0 Å². The van der Waals surface area contributed by atoms with Crippen LogP contribution >= 0.6 is 0 Å². The van der Waals surface area contributed by atoms with Gasteiger partial charge in [-0.3, -0.25) is 0 Å². The number of rotatable bonds is 3. The second kappa shape index (κ2) is 3.99. The molecule has 0 saturated carbocycles. The van der Waals surface area contributed by atoms with Crippen LogP contribution in [0.2, 0.25) is 0 Å². The normalized spacial score (nSPS) is 10.3. The Hall–Kier alpha value is -1.72. The first-order chi connectivity index (χ1) is 6.52. The number of aromatic nitrogens is 1. The Labute approximate surface area is 78.1 Å². The summed E-state index contributed by atoms with van der Waals surface area (Å²) in [4.78, 5) is 14.1. The Morgan fingerprint density at radius 3 is 2.79 bits per heavy atom. The van der Waals surface area contributed by atoms with Gasteiger partial charge in [-0.25, -0.2) is 9.78 Å². The molecule has 0 aliphatic carbocycles. The molecule has 0 atom stereocenters. The summed E-state index contributed by atoms with van der Waals surface area (Å²) in [5.41, 5.74) is -0.205. The van der Waals surface area contributed by atoms with Gasteiger partial charge in [0.25, 0.3) is 0 Å². The van der Waals surface area contributed by atoms with Crippen LogP contribution in [-0.2, 0) is 0 Å². The quantitative estimate of drug-likeness (QED) is 0.811. The fraction of sp³-hybridized carbons (Fsp3) is 0.250. The van der Waals surface area contributed by atoms with Crippen LogP contribution < -0.4 is 4.74 Å². The van der Waals surface area contributed by atoms with E-state index < -0.39 is 12.6 Å². The largest absolute Gasteiger partial charge is 0.477 e. The molecule has 0 fully saturated rings. The van der Waals surface area contributed by atoms with Crippen LogP contribution in [0.15, 0.2) is 12.3 Å². The first-order valence-electron chi connectivity index (χ1n) is 3.66. The molecule has 14 heavy (non-hydrogen) atoms. The predicted molar refractivity (Wildman–Crippen MR) is 42.6 cm³/mol. The molecule has 0 aliphatic rings. The summed E-state index contributed by atoms with van der Waals surface area (Å²) in [6.45, 7) is -1.62. The highest BCUT2D eigenvalue weighted by Crippen LogP contribution is 2.21. The van der Waals surface area contributed by atoms with Crippen LogP contribution in [0.1, 0.15) is 16.1 Å². The van der Waals surface area contributed by atoms with Crippen molar-refractivity contribution in [3.8, 4) is 5.75 Å². The smallest absolute Gasteiger partial charge is 0.387 e. The number of nitrogens with zero attached hydrogens (tertiary/aromatic N) is 1. The first-order valence-corrected chi connectivity index (χ1v) is 3.66. The third kappa shape index (κ3) is 2.15. The summed E-state index contributed by atoms with van der Waals surface area (Å²) in [6.07, 6.45) is 1.11. The van der Waals surface area contributed by atoms with Gasteiger partial charge < -0.3 is 9.84 Å². The number of carboxylic acids is 1. The van der Waals surface area contributed by atoms with Gasteiger partial charge in [-0.1, -0.05) is 0 Å². The maximum Gasteiger partial charge on any atom is 0.387 e.